The zero-order valence-corrected chi connectivity index (χ0v) is 15.7. The van der Waals surface area contributed by atoms with Crippen LogP contribution in [0.4, 0.5) is 0 Å². The Morgan fingerprint density at radius 1 is 0.917 bits per heavy atom. The van der Waals surface area contributed by atoms with Gasteiger partial charge in [0.25, 0.3) is 0 Å². The van der Waals surface area contributed by atoms with E-state index in [9.17, 15) is 0 Å². The first-order valence-electron chi connectivity index (χ1n) is 10.2. The van der Waals surface area contributed by atoms with Crippen LogP contribution in [-0.2, 0) is 0 Å². The van der Waals surface area contributed by atoms with Crippen molar-refractivity contribution in [3.63, 3.8) is 0 Å². The summed E-state index contributed by atoms with van der Waals surface area (Å²) >= 11 is 0. The molecule has 2 nitrogen and oxygen atoms in total. The lowest BCUT2D eigenvalue weighted by molar-refractivity contribution is 0.298. The van der Waals surface area contributed by atoms with Gasteiger partial charge in [-0.1, -0.05) is 58.3 Å². The van der Waals surface area contributed by atoms with E-state index in [0.717, 1.165) is 24.5 Å². The minimum atomic E-state index is 0.617. The number of aromatic nitrogens is 2. The molecule has 1 fully saturated rings. The molecule has 1 aromatic heterocycles. The smallest absolute Gasteiger partial charge is 0.135 e. The molecular formula is C22H34N2. The Kier molecular flexibility index (Phi) is 8.88. The van der Waals surface area contributed by atoms with Gasteiger partial charge in [0, 0.05) is 12.3 Å². The van der Waals surface area contributed by atoms with Crippen molar-refractivity contribution in [2.24, 2.45) is 5.92 Å². The maximum Gasteiger partial charge on any atom is 0.135 e. The van der Waals surface area contributed by atoms with E-state index in [1.165, 1.54) is 69.9 Å². The molecule has 2 heteroatoms. The lowest BCUT2D eigenvalue weighted by atomic mass is 9.78. The predicted octanol–water partition coefficient (Wildman–Crippen LogP) is 6.26. The van der Waals surface area contributed by atoms with E-state index in [0.29, 0.717) is 5.92 Å². The third-order valence-corrected chi connectivity index (χ3v) is 5.26. The molecule has 24 heavy (non-hydrogen) atoms. The summed E-state index contributed by atoms with van der Waals surface area (Å²) in [6, 6.07) is 4.20. The van der Waals surface area contributed by atoms with Crippen LogP contribution >= 0.6 is 0 Å². The fourth-order valence-corrected chi connectivity index (χ4v) is 3.69. The molecule has 2 rings (SSSR count). The van der Waals surface area contributed by atoms with Gasteiger partial charge in [-0.15, -0.1) is 5.10 Å². The molecule has 1 aliphatic rings. The SMILES string of the molecule is CCCC#Cc1ccc([C@H]2CC[C@H](CCCCCCC)CC2)nn1. The van der Waals surface area contributed by atoms with Crippen molar-refractivity contribution in [3.8, 4) is 11.8 Å². The van der Waals surface area contributed by atoms with E-state index in [2.05, 4.69) is 42.0 Å². The summed E-state index contributed by atoms with van der Waals surface area (Å²) in [6.07, 6.45) is 15.8. The van der Waals surface area contributed by atoms with Crippen LogP contribution in [0.2, 0.25) is 0 Å². The molecule has 0 N–H and O–H groups in total. The van der Waals surface area contributed by atoms with Crippen molar-refractivity contribution in [2.45, 2.75) is 96.8 Å². The minimum Gasteiger partial charge on any atom is -0.154 e. The lowest BCUT2D eigenvalue weighted by Crippen LogP contribution is -2.14. The van der Waals surface area contributed by atoms with Gasteiger partial charge in [0.2, 0.25) is 0 Å². The molecular weight excluding hydrogens is 292 g/mol. The van der Waals surface area contributed by atoms with Gasteiger partial charge < -0.3 is 0 Å². The molecule has 0 atom stereocenters. The van der Waals surface area contributed by atoms with Crippen LogP contribution in [-0.4, -0.2) is 10.2 Å². The van der Waals surface area contributed by atoms with Crippen molar-refractivity contribution in [1.82, 2.24) is 10.2 Å². The van der Waals surface area contributed by atoms with Gasteiger partial charge in [-0.05, 0) is 56.1 Å². The number of hydrogen-bond donors (Lipinski definition) is 0. The van der Waals surface area contributed by atoms with Crippen molar-refractivity contribution in [3.05, 3.63) is 23.5 Å². The van der Waals surface area contributed by atoms with Gasteiger partial charge in [-0.3, -0.25) is 0 Å². The summed E-state index contributed by atoms with van der Waals surface area (Å²) in [6.45, 7) is 4.43. The van der Waals surface area contributed by atoms with Crippen LogP contribution in [0.15, 0.2) is 12.1 Å². The first kappa shape index (κ1) is 19.0. The van der Waals surface area contributed by atoms with E-state index in [1.807, 2.05) is 6.07 Å². The highest BCUT2D eigenvalue weighted by molar-refractivity contribution is 5.27. The maximum absolute atomic E-state index is 4.45. The fraction of sp³-hybridized carbons (Fsp3) is 0.727. The van der Waals surface area contributed by atoms with Crippen LogP contribution in [0.5, 0.6) is 0 Å². The fourth-order valence-electron chi connectivity index (χ4n) is 3.69. The molecule has 1 aliphatic carbocycles. The van der Waals surface area contributed by atoms with Gasteiger partial charge in [-0.2, -0.15) is 5.10 Å². The molecule has 1 saturated carbocycles. The largest absolute Gasteiger partial charge is 0.154 e. The minimum absolute atomic E-state index is 0.617. The van der Waals surface area contributed by atoms with E-state index in [1.54, 1.807) is 0 Å². The van der Waals surface area contributed by atoms with Crippen LogP contribution < -0.4 is 0 Å². The number of rotatable bonds is 8. The third kappa shape index (κ3) is 6.63. The molecule has 1 heterocycles. The average Bonchev–Trinajstić information content (AvgIpc) is 2.63. The average molecular weight is 327 g/mol. The Labute approximate surface area is 148 Å². The van der Waals surface area contributed by atoms with Crippen LogP contribution in [0.1, 0.15) is 108 Å². The van der Waals surface area contributed by atoms with Crippen molar-refractivity contribution in [1.29, 1.82) is 0 Å². The quantitative estimate of drug-likeness (QED) is 0.416. The topological polar surface area (TPSA) is 25.8 Å². The van der Waals surface area contributed by atoms with Gasteiger partial charge in [0.1, 0.15) is 5.69 Å². The standard InChI is InChI=1S/C22H34N2/c1-3-5-7-8-10-11-19-13-15-20(16-14-19)22-18-17-21(23-24-22)12-9-6-4-2/h17-20H,3-8,10-11,13-16H2,1-2H3/t19-,20-. The lowest BCUT2D eigenvalue weighted by Gasteiger charge is -2.28. The summed E-state index contributed by atoms with van der Waals surface area (Å²) in [7, 11) is 0. The second-order valence-electron chi connectivity index (χ2n) is 7.32. The van der Waals surface area contributed by atoms with E-state index >= 15 is 0 Å². The Morgan fingerprint density at radius 2 is 1.71 bits per heavy atom. The van der Waals surface area contributed by atoms with Crippen molar-refractivity contribution < 1.29 is 0 Å². The van der Waals surface area contributed by atoms with Crippen molar-refractivity contribution >= 4 is 0 Å². The monoisotopic (exact) mass is 326 g/mol. The predicted molar refractivity (Wildman–Crippen MR) is 102 cm³/mol. The van der Waals surface area contributed by atoms with Crippen LogP contribution in [0.3, 0.4) is 0 Å². The van der Waals surface area contributed by atoms with Gasteiger partial charge >= 0.3 is 0 Å². The van der Waals surface area contributed by atoms with Gasteiger partial charge in [-0.25, -0.2) is 0 Å². The first-order valence-corrected chi connectivity index (χ1v) is 10.2. The molecule has 0 aromatic carbocycles. The molecule has 1 aromatic rings. The van der Waals surface area contributed by atoms with Crippen LogP contribution in [0.25, 0.3) is 0 Å². The zero-order chi connectivity index (χ0) is 17.0. The Hall–Kier alpha value is -1.36. The number of nitrogens with zero attached hydrogens (tertiary/aromatic N) is 2. The normalized spacial score (nSPS) is 20.4. The summed E-state index contributed by atoms with van der Waals surface area (Å²) in [4.78, 5) is 0. The molecule has 0 aliphatic heterocycles. The Bertz CT molecular complexity index is 501. The third-order valence-electron chi connectivity index (χ3n) is 5.26. The summed E-state index contributed by atoms with van der Waals surface area (Å²) in [5.41, 5.74) is 1.99. The van der Waals surface area contributed by atoms with Gasteiger partial charge in [0.05, 0.1) is 5.69 Å². The van der Waals surface area contributed by atoms with Crippen LogP contribution in [0, 0.1) is 17.8 Å². The highest BCUT2D eigenvalue weighted by Gasteiger charge is 2.23. The first-order chi connectivity index (χ1) is 11.8. The molecule has 132 valence electrons. The van der Waals surface area contributed by atoms with E-state index in [-0.39, 0.29) is 0 Å². The molecule has 0 saturated heterocycles. The summed E-state index contributed by atoms with van der Waals surface area (Å²) in [5, 5.41) is 8.75. The number of hydrogen-bond acceptors (Lipinski definition) is 2. The molecule has 0 spiro atoms. The zero-order valence-electron chi connectivity index (χ0n) is 15.7. The van der Waals surface area contributed by atoms with Gasteiger partial charge in [0.15, 0.2) is 0 Å². The highest BCUT2D eigenvalue weighted by Crippen LogP contribution is 2.36. The summed E-state index contributed by atoms with van der Waals surface area (Å²) in [5.74, 6) is 7.80. The molecule has 0 amide bonds. The van der Waals surface area contributed by atoms with E-state index < -0.39 is 0 Å². The van der Waals surface area contributed by atoms with E-state index in [4.69, 9.17) is 0 Å². The molecule has 0 radical (unpaired) electrons. The molecule has 0 bridgehead atoms. The summed E-state index contributed by atoms with van der Waals surface area (Å²) < 4.78 is 0. The number of unbranched alkanes of at least 4 members (excludes halogenated alkanes) is 5. The molecule has 0 unspecified atom stereocenters. The second-order valence-corrected chi connectivity index (χ2v) is 7.32. The highest BCUT2D eigenvalue weighted by atomic mass is 15.1. The maximum atomic E-state index is 4.45. The second kappa shape index (κ2) is 11.2. The Morgan fingerprint density at radius 3 is 2.38 bits per heavy atom. The van der Waals surface area contributed by atoms with Crippen molar-refractivity contribution in [2.75, 3.05) is 0 Å². The Balaban J connectivity index is 1.71.